The Morgan fingerprint density at radius 2 is 1.85 bits per heavy atom. The number of para-hydroxylation sites is 2. The van der Waals surface area contributed by atoms with Gasteiger partial charge in [-0.05, 0) is 19.1 Å². The van der Waals surface area contributed by atoms with E-state index in [2.05, 4.69) is 16.5 Å². The number of carbonyl (C=O) groups excluding carboxylic acids is 1. The molecule has 34 heavy (non-hydrogen) atoms. The third-order valence-corrected chi connectivity index (χ3v) is 5.88. The molecule has 2 aliphatic heterocycles. The van der Waals surface area contributed by atoms with Crippen LogP contribution in [0.5, 0.6) is 11.5 Å². The lowest BCUT2D eigenvalue weighted by Crippen LogP contribution is -2.54. The minimum absolute atomic E-state index is 0.0927. The van der Waals surface area contributed by atoms with Crippen LogP contribution in [0.1, 0.15) is 11.3 Å². The number of anilines is 2. The minimum atomic E-state index is -0.661. The topological polar surface area (TPSA) is 112 Å². The molecular formula is C24H29N5O5. The Hall–Kier alpha value is -3.95. The largest absolute Gasteiger partial charge is 0.493 e. The van der Waals surface area contributed by atoms with Crippen LogP contribution in [0.4, 0.5) is 11.8 Å². The number of nitrogen functional groups attached to an aromatic ring is 1. The first-order chi connectivity index (χ1) is 16.4. The molecule has 1 saturated heterocycles. The van der Waals surface area contributed by atoms with Gasteiger partial charge in [0.1, 0.15) is 12.4 Å². The van der Waals surface area contributed by atoms with Crippen molar-refractivity contribution in [2.24, 2.45) is 0 Å². The Morgan fingerprint density at radius 3 is 2.53 bits per heavy atom. The number of methoxy groups -OCH3 is 2. The van der Waals surface area contributed by atoms with Gasteiger partial charge in [-0.2, -0.15) is 4.98 Å². The molecule has 4 rings (SSSR count). The first kappa shape index (κ1) is 23.2. The van der Waals surface area contributed by atoms with Gasteiger partial charge in [-0.25, -0.2) is 4.98 Å². The molecule has 1 aromatic carbocycles. The number of nitrogens with two attached hydrogens (primary N) is 1. The van der Waals surface area contributed by atoms with Gasteiger partial charge in [0, 0.05) is 37.8 Å². The van der Waals surface area contributed by atoms with Crippen LogP contribution >= 0.6 is 0 Å². The monoisotopic (exact) mass is 467 g/mol. The number of benzene rings is 1. The van der Waals surface area contributed by atoms with Gasteiger partial charge in [0.2, 0.25) is 12.1 Å². The number of hydrogen-bond donors (Lipinski definition) is 1. The highest BCUT2D eigenvalue weighted by Crippen LogP contribution is 2.31. The van der Waals surface area contributed by atoms with Crippen LogP contribution in [0.15, 0.2) is 42.4 Å². The van der Waals surface area contributed by atoms with E-state index < -0.39 is 6.10 Å². The molecule has 3 heterocycles. The number of piperazine rings is 1. The van der Waals surface area contributed by atoms with E-state index in [-0.39, 0.29) is 12.5 Å². The highest BCUT2D eigenvalue weighted by molar-refractivity contribution is 5.82. The third-order valence-electron chi connectivity index (χ3n) is 5.88. The van der Waals surface area contributed by atoms with E-state index in [1.54, 1.807) is 17.0 Å². The van der Waals surface area contributed by atoms with Gasteiger partial charge in [0.05, 0.1) is 19.9 Å². The van der Waals surface area contributed by atoms with Crippen molar-refractivity contribution < 1.29 is 23.7 Å². The maximum Gasteiger partial charge on any atom is 0.267 e. The van der Waals surface area contributed by atoms with E-state index in [1.165, 1.54) is 14.2 Å². The molecule has 1 unspecified atom stereocenters. The van der Waals surface area contributed by atoms with Crippen LogP contribution in [0, 0.1) is 6.92 Å². The summed E-state index contributed by atoms with van der Waals surface area (Å²) in [7, 11) is 3.05. The van der Waals surface area contributed by atoms with Crippen LogP contribution in [0.25, 0.3) is 6.08 Å². The van der Waals surface area contributed by atoms with Crippen LogP contribution in [-0.2, 0) is 14.3 Å². The van der Waals surface area contributed by atoms with E-state index in [0.29, 0.717) is 66.7 Å². The van der Waals surface area contributed by atoms with Crippen molar-refractivity contribution in [1.82, 2.24) is 14.9 Å². The number of amides is 1. The van der Waals surface area contributed by atoms with Crippen molar-refractivity contribution in [2.45, 2.75) is 13.0 Å². The fourth-order valence-corrected chi connectivity index (χ4v) is 3.77. The summed E-state index contributed by atoms with van der Waals surface area (Å²) in [4.78, 5) is 25.9. The average molecular weight is 468 g/mol. The molecule has 1 fully saturated rings. The second kappa shape index (κ2) is 9.90. The molecule has 0 radical (unpaired) electrons. The number of carbonyl (C=O) groups is 1. The summed E-state index contributed by atoms with van der Waals surface area (Å²) < 4.78 is 22.1. The molecule has 1 atom stereocenters. The maximum absolute atomic E-state index is 13.0. The third kappa shape index (κ3) is 4.70. The molecule has 2 aliphatic rings. The predicted octanol–water partition coefficient (Wildman–Crippen LogP) is 2.00. The lowest BCUT2D eigenvalue weighted by Gasteiger charge is -2.37. The van der Waals surface area contributed by atoms with E-state index >= 15 is 0 Å². The van der Waals surface area contributed by atoms with Crippen molar-refractivity contribution in [3.63, 3.8) is 0 Å². The van der Waals surface area contributed by atoms with Gasteiger partial charge in [-0.15, -0.1) is 0 Å². The van der Waals surface area contributed by atoms with Gasteiger partial charge in [0.25, 0.3) is 5.91 Å². The van der Waals surface area contributed by atoms with Crippen LogP contribution in [-0.4, -0.2) is 73.9 Å². The Bertz CT molecular complexity index is 1110. The molecule has 1 aromatic heterocycles. The number of hydrogen-bond acceptors (Lipinski definition) is 9. The van der Waals surface area contributed by atoms with Crippen LogP contribution < -0.4 is 20.1 Å². The zero-order valence-corrected chi connectivity index (χ0v) is 19.6. The Balaban J connectivity index is 1.44. The normalized spacial score (nSPS) is 17.9. The second-order valence-electron chi connectivity index (χ2n) is 7.94. The fraction of sp³-hybridized carbons (Fsp3) is 0.375. The quantitative estimate of drug-likeness (QED) is 0.503. The maximum atomic E-state index is 13.0. The molecule has 0 aliphatic carbocycles. The first-order valence-electron chi connectivity index (χ1n) is 11.0. The van der Waals surface area contributed by atoms with Gasteiger partial charge in [-0.1, -0.05) is 18.7 Å². The standard InChI is InChI=1S/C24H29N5O5/c1-15-17(13-20(32-4)16(2)31-3)26-24(27-22(15)25)29-11-9-28(10-12-29)23(30)21-14-33-18-7-5-6-8-19(18)34-21/h5-8,13,21H,2,9-12,14H2,1,3-4H3,(H2,25,26,27)/b20-13+. The van der Waals surface area contributed by atoms with Gasteiger partial charge in [-0.3, -0.25) is 4.79 Å². The summed E-state index contributed by atoms with van der Waals surface area (Å²) in [6.45, 7) is 7.99. The SMILES string of the molecule is C=C(OC)/C(=C\c1nc(N2CCN(C(=O)C3COc4ccccc4O3)CC2)nc(N)c1C)OC. The summed E-state index contributed by atoms with van der Waals surface area (Å²) in [5.74, 6) is 2.84. The van der Waals surface area contributed by atoms with E-state index in [1.807, 2.05) is 30.0 Å². The summed E-state index contributed by atoms with van der Waals surface area (Å²) >= 11 is 0. The van der Waals surface area contributed by atoms with Crippen molar-refractivity contribution >= 4 is 23.7 Å². The highest BCUT2D eigenvalue weighted by Gasteiger charge is 2.33. The van der Waals surface area contributed by atoms with Gasteiger partial charge >= 0.3 is 0 Å². The summed E-state index contributed by atoms with van der Waals surface area (Å²) in [5.41, 5.74) is 7.51. The molecule has 2 aromatic rings. The fourth-order valence-electron chi connectivity index (χ4n) is 3.77. The van der Waals surface area contributed by atoms with Gasteiger partial charge in [0.15, 0.2) is 23.0 Å². The lowest BCUT2D eigenvalue weighted by molar-refractivity contribution is -0.141. The van der Waals surface area contributed by atoms with Crippen molar-refractivity contribution in [3.8, 4) is 11.5 Å². The molecule has 10 nitrogen and oxygen atoms in total. The van der Waals surface area contributed by atoms with Crippen LogP contribution in [0.3, 0.4) is 0 Å². The van der Waals surface area contributed by atoms with E-state index in [0.717, 1.165) is 5.56 Å². The number of fused-ring (bicyclic) bond motifs is 1. The second-order valence-corrected chi connectivity index (χ2v) is 7.94. The minimum Gasteiger partial charge on any atom is -0.493 e. The molecule has 180 valence electrons. The summed E-state index contributed by atoms with van der Waals surface area (Å²) in [6, 6.07) is 7.35. The highest BCUT2D eigenvalue weighted by atomic mass is 16.6. The Morgan fingerprint density at radius 1 is 1.15 bits per heavy atom. The van der Waals surface area contributed by atoms with Crippen LogP contribution in [0.2, 0.25) is 0 Å². The summed E-state index contributed by atoms with van der Waals surface area (Å²) in [5, 5.41) is 0. The molecule has 10 heteroatoms. The molecule has 1 amide bonds. The van der Waals surface area contributed by atoms with E-state index in [4.69, 9.17) is 24.7 Å². The smallest absolute Gasteiger partial charge is 0.267 e. The molecule has 2 N–H and O–H groups in total. The predicted molar refractivity (Wildman–Crippen MR) is 127 cm³/mol. The molecular weight excluding hydrogens is 438 g/mol. The zero-order chi connectivity index (χ0) is 24.2. The average Bonchev–Trinajstić information content (AvgIpc) is 2.88. The van der Waals surface area contributed by atoms with Crippen molar-refractivity contribution in [2.75, 3.05) is 57.6 Å². The number of ether oxygens (including phenoxy) is 4. The van der Waals surface area contributed by atoms with Gasteiger partial charge < -0.3 is 34.5 Å². The number of rotatable bonds is 6. The Kier molecular flexibility index (Phi) is 6.76. The zero-order valence-electron chi connectivity index (χ0n) is 19.6. The number of aromatic nitrogens is 2. The first-order valence-corrected chi connectivity index (χ1v) is 11.0. The molecule has 0 bridgehead atoms. The van der Waals surface area contributed by atoms with Crippen molar-refractivity contribution in [1.29, 1.82) is 0 Å². The number of nitrogens with zero attached hydrogens (tertiary/aromatic N) is 4. The summed E-state index contributed by atoms with van der Waals surface area (Å²) in [6.07, 6.45) is 1.06. The van der Waals surface area contributed by atoms with Crippen molar-refractivity contribution in [3.05, 3.63) is 53.6 Å². The molecule has 0 spiro atoms. The lowest BCUT2D eigenvalue weighted by atomic mass is 10.2. The Labute approximate surface area is 198 Å². The van der Waals surface area contributed by atoms with E-state index in [9.17, 15) is 4.79 Å². The molecule has 0 saturated carbocycles.